The number of methoxy groups -OCH3 is 1. The zero-order chi connectivity index (χ0) is 47.6. The van der Waals surface area contributed by atoms with E-state index in [1.807, 2.05) is 158 Å². The molecule has 13 rings (SSSR count). The van der Waals surface area contributed by atoms with Crippen molar-refractivity contribution >= 4 is 54.3 Å². The molecule has 5 radical (unpaired) electrons. The van der Waals surface area contributed by atoms with Crippen molar-refractivity contribution in [3.8, 4) is 39.5 Å². The molecule has 8 nitrogen and oxygen atoms in total. The Morgan fingerprint density at radius 3 is 1.59 bits per heavy atom. The van der Waals surface area contributed by atoms with Gasteiger partial charge in [0.1, 0.15) is 0 Å². The van der Waals surface area contributed by atoms with E-state index in [1.54, 1.807) is 44.3 Å². The van der Waals surface area contributed by atoms with Gasteiger partial charge in [-0.2, -0.15) is 11.6 Å². The second-order valence-electron chi connectivity index (χ2n) is 15.3. The molecule has 0 bridgehead atoms. The molecule has 75 heavy (non-hydrogen) atoms. The first kappa shape index (κ1) is 61.3. The molecular weight excluding hydrogens is 1820 g/mol. The van der Waals surface area contributed by atoms with Crippen LogP contribution < -0.4 is 4.74 Å². The molecule has 6 aromatic carbocycles. The van der Waals surface area contributed by atoms with Crippen LogP contribution in [0.2, 0.25) is 0 Å². The van der Waals surface area contributed by atoms with Gasteiger partial charge in [-0.25, -0.2) is 0 Å². The molecule has 0 saturated heterocycles. The fourth-order valence-corrected chi connectivity index (χ4v) is 7.36. The number of pyridine rings is 7. The van der Waals surface area contributed by atoms with Crippen LogP contribution in [0.1, 0.15) is 0 Å². The summed E-state index contributed by atoms with van der Waals surface area (Å²) in [6.45, 7) is 0. The van der Waals surface area contributed by atoms with Gasteiger partial charge in [-0.05, 0) is 91.8 Å². The van der Waals surface area contributed by atoms with Gasteiger partial charge in [0.05, 0.1) is 7.11 Å². The largest absolute Gasteiger partial charge is 0.540 e. The quantitative estimate of drug-likeness (QED) is 0.127. The Balaban J connectivity index is 0.000000200. The Morgan fingerprint density at radius 1 is 0.360 bits per heavy atom. The van der Waals surface area contributed by atoms with Gasteiger partial charge in [-0.15, -0.1) is 119 Å². The van der Waals surface area contributed by atoms with E-state index in [9.17, 15) is 0 Å². The molecule has 13 aromatic rings. The fraction of sp³-hybridized carbons (Fsp3) is 0.0161. The second-order valence-corrected chi connectivity index (χ2v) is 15.3. The molecule has 0 aliphatic rings. The van der Waals surface area contributed by atoms with Crippen molar-refractivity contribution in [2.75, 3.05) is 7.11 Å². The van der Waals surface area contributed by atoms with Crippen molar-refractivity contribution in [1.29, 1.82) is 0 Å². The summed E-state index contributed by atoms with van der Waals surface area (Å²) in [5.74, 6) is 0.810. The topological polar surface area (TPSA) is 99.5 Å². The average molecular weight is 1860 g/mol. The third-order valence-electron chi connectivity index (χ3n) is 10.8. The molecule has 0 N–H and O–H groups in total. The van der Waals surface area contributed by atoms with Crippen molar-refractivity contribution in [3.05, 3.63) is 268 Å². The van der Waals surface area contributed by atoms with Crippen molar-refractivity contribution in [3.63, 3.8) is 0 Å². The van der Waals surface area contributed by atoms with Gasteiger partial charge >= 0.3 is 0 Å². The standard InChI is InChI=1S/C15H10N.C13H8N.C12H7N2.C12H10NO.C10H7N2.5Ir/c1-2-6-12(7-3-1)15-10-13-8-4-5-9-14(13)11-16-15;1-2-6-12-10(4-1)7-8-11-5-3-9-14-13(11)12;1-3-9-5-6-11-10(4-2-7-13-11)12(9)14-8-1;1-14-11-7-5-10(6-8-11)12-4-2-3-9-13-12;1-2-6-12-10(3-1)9-4-7-11-8-5-9;;;;;/h1-6,8-11H;1-5,7-9H;1-3,5-8H;2-5,7-9H,1H3;1-4,6-8H;;;;;/q5*-1;;;;;. The van der Waals surface area contributed by atoms with E-state index in [0.29, 0.717) is 0 Å². The smallest absolute Gasteiger partial charge is 0.0647 e. The first-order chi connectivity index (χ1) is 34.7. The van der Waals surface area contributed by atoms with Crippen LogP contribution in [0.25, 0.3) is 88.0 Å². The summed E-state index contributed by atoms with van der Waals surface area (Å²) in [5.41, 5.74) is 8.77. The maximum atomic E-state index is 5.05. The SMILES string of the molecule is COc1c[c-]c(-c2ccccn2)cc1.[Ir].[Ir].[Ir].[Ir].[Ir].[c-]1cccc2ccc3cccnc3c12.[c-]1ccccc1-c1cc2ccccc2cn1.[c-]1ccnc2ccc3cccnc3c12.[c-]1cnccc1-c1ccccn1. The summed E-state index contributed by atoms with van der Waals surface area (Å²) in [6.07, 6.45) is 14.2. The zero-order valence-electron chi connectivity index (χ0n) is 39.7. The summed E-state index contributed by atoms with van der Waals surface area (Å²) in [4.78, 5) is 29.7. The maximum absolute atomic E-state index is 5.05. The summed E-state index contributed by atoms with van der Waals surface area (Å²) < 4.78 is 5.05. The minimum Gasteiger partial charge on any atom is -0.540 e. The summed E-state index contributed by atoms with van der Waals surface area (Å²) in [5, 5.41) is 7.97. The molecule has 13 heteroatoms. The first-order valence-electron chi connectivity index (χ1n) is 22.4. The van der Waals surface area contributed by atoms with Crippen molar-refractivity contribution < 1.29 is 105 Å². The molecule has 0 saturated carbocycles. The van der Waals surface area contributed by atoms with E-state index >= 15 is 0 Å². The monoisotopic (exact) mass is 1870 g/mol. The van der Waals surface area contributed by atoms with Gasteiger partial charge < -0.3 is 34.6 Å². The van der Waals surface area contributed by atoms with Crippen molar-refractivity contribution in [1.82, 2.24) is 34.9 Å². The molecule has 381 valence electrons. The second kappa shape index (κ2) is 32.2. The Bertz CT molecular complexity index is 3460. The number of benzene rings is 6. The number of aromatic nitrogens is 7. The average Bonchev–Trinajstić information content (AvgIpc) is 3.46. The van der Waals surface area contributed by atoms with Gasteiger partial charge in [0.25, 0.3) is 0 Å². The minimum atomic E-state index is 0. The Morgan fingerprint density at radius 2 is 0.947 bits per heavy atom. The van der Waals surface area contributed by atoms with Gasteiger partial charge in [0.2, 0.25) is 0 Å². The van der Waals surface area contributed by atoms with Crippen LogP contribution in [0.15, 0.2) is 238 Å². The Kier molecular flexibility index (Phi) is 26.3. The van der Waals surface area contributed by atoms with Gasteiger partial charge in [-0.3, -0.25) is 4.98 Å². The van der Waals surface area contributed by atoms with Crippen LogP contribution in [0.4, 0.5) is 0 Å². The molecule has 0 aliphatic carbocycles. The normalized spacial score (nSPS) is 9.67. The van der Waals surface area contributed by atoms with E-state index in [0.717, 1.165) is 72.2 Å². The van der Waals surface area contributed by atoms with Gasteiger partial charge in [0.15, 0.2) is 0 Å². The predicted molar refractivity (Wildman–Crippen MR) is 281 cm³/mol. The number of rotatable bonds is 4. The molecule has 7 heterocycles. The fourth-order valence-electron chi connectivity index (χ4n) is 7.36. The summed E-state index contributed by atoms with van der Waals surface area (Å²) >= 11 is 0. The molecule has 7 aromatic heterocycles. The van der Waals surface area contributed by atoms with Crippen LogP contribution >= 0.6 is 0 Å². The molecular formula is C62H42Ir5N7O-5. The number of hydrogen-bond donors (Lipinski definition) is 0. The maximum Gasteiger partial charge on any atom is 0.0647 e. The van der Waals surface area contributed by atoms with Crippen molar-refractivity contribution in [2.45, 2.75) is 0 Å². The third kappa shape index (κ3) is 16.9. The Hall–Kier alpha value is -6.28. The van der Waals surface area contributed by atoms with E-state index in [4.69, 9.17) is 4.74 Å². The molecule has 0 aliphatic heterocycles. The summed E-state index contributed by atoms with van der Waals surface area (Å²) in [6, 6.07) is 77.2. The van der Waals surface area contributed by atoms with Crippen LogP contribution in [0.5, 0.6) is 5.75 Å². The van der Waals surface area contributed by atoms with E-state index in [-0.39, 0.29) is 101 Å². The van der Waals surface area contributed by atoms with Crippen LogP contribution in [-0.2, 0) is 101 Å². The number of fused-ring (bicyclic) bond motifs is 7. The zero-order valence-corrected chi connectivity index (χ0v) is 51.7. The van der Waals surface area contributed by atoms with Crippen LogP contribution in [0.3, 0.4) is 0 Å². The Labute approximate surface area is 504 Å². The molecule has 0 amide bonds. The van der Waals surface area contributed by atoms with Crippen molar-refractivity contribution in [2.24, 2.45) is 0 Å². The van der Waals surface area contributed by atoms with Gasteiger partial charge in [-0.1, -0.05) is 103 Å². The van der Waals surface area contributed by atoms with Gasteiger partial charge in [0, 0.05) is 137 Å². The molecule has 0 unspecified atom stereocenters. The van der Waals surface area contributed by atoms with Crippen LogP contribution in [-0.4, -0.2) is 42.0 Å². The minimum absolute atomic E-state index is 0. The number of ether oxygens (including phenoxy) is 1. The number of nitrogens with zero attached hydrogens (tertiary/aromatic N) is 7. The van der Waals surface area contributed by atoms with E-state index in [1.165, 1.54) is 21.5 Å². The first-order valence-corrected chi connectivity index (χ1v) is 22.4. The van der Waals surface area contributed by atoms with E-state index < -0.39 is 0 Å². The third-order valence-corrected chi connectivity index (χ3v) is 10.8. The van der Waals surface area contributed by atoms with Crippen LogP contribution in [0, 0.1) is 30.3 Å². The molecule has 0 fully saturated rings. The summed E-state index contributed by atoms with van der Waals surface area (Å²) in [7, 11) is 1.64. The van der Waals surface area contributed by atoms with E-state index in [2.05, 4.69) is 108 Å². The predicted octanol–water partition coefficient (Wildman–Crippen LogP) is 14.0. The molecule has 0 spiro atoms. The molecule has 0 atom stereocenters. The number of hydrogen-bond acceptors (Lipinski definition) is 8.